The Hall–Kier alpha value is -0.578. The maximum atomic E-state index is 14.4. The second kappa shape index (κ2) is 43.0. The zero-order chi connectivity index (χ0) is 63.2. The number of aliphatic hydroxyl groups excluding tert-OH is 1. The summed E-state index contributed by atoms with van der Waals surface area (Å²) in [7, 11) is 9.67. The molecule has 0 saturated carbocycles. The molecule has 4 aliphatic rings. The van der Waals surface area contributed by atoms with E-state index in [2.05, 4.69) is 22.7 Å². The number of alkyl halides is 8. The second-order valence-electron chi connectivity index (χ2n) is 17.8. The molecule has 4 saturated heterocycles. The van der Waals surface area contributed by atoms with Crippen molar-refractivity contribution in [3.05, 3.63) is 121 Å². The van der Waals surface area contributed by atoms with E-state index in [0.29, 0.717) is 0 Å². The summed E-state index contributed by atoms with van der Waals surface area (Å²) in [5.41, 5.74) is 0. The number of benzene rings is 4. The van der Waals surface area contributed by atoms with Crippen LogP contribution >= 0.6 is 55.3 Å². The quantitative estimate of drug-likeness (QED) is 0.0278. The van der Waals surface area contributed by atoms with Gasteiger partial charge in [0, 0.05) is 0 Å². The first-order chi connectivity index (χ1) is 40.8. The van der Waals surface area contributed by atoms with Gasteiger partial charge in [0.2, 0.25) is 0 Å². The third-order valence-electron chi connectivity index (χ3n) is 11.8. The van der Waals surface area contributed by atoms with E-state index in [-0.39, 0.29) is 64.6 Å². The zero-order valence-electron chi connectivity index (χ0n) is 44.4. The molecule has 4 fully saturated rings. The van der Waals surface area contributed by atoms with E-state index in [1.807, 2.05) is 74.3 Å². The summed E-state index contributed by atoms with van der Waals surface area (Å²) in [5.74, 6) is -15.8. The summed E-state index contributed by atoms with van der Waals surface area (Å²) in [5, 5.41) is 9.22. The predicted octanol–water partition coefficient (Wildman–Crippen LogP) is 6.88. The Morgan fingerprint density at radius 1 is 0.478 bits per heavy atom. The molecular weight excluding hydrogens is 2110 g/mol. The number of aliphatic hydroxyl groups is 1. The van der Waals surface area contributed by atoms with Crippen molar-refractivity contribution in [1.29, 1.82) is 0 Å². The Labute approximate surface area is 576 Å². The second-order valence-corrected chi connectivity index (χ2v) is 39.5. The van der Waals surface area contributed by atoms with Gasteiger partial charge in [-0.15, -0.1) is 0 Å². The monoisotopic (exact) mass is 2190 g/mol. The van der Waals surface area contributed by atoms with Crippen molar-refractivity contribution in [2.45, 2.75) is 128 Å². The molecule has 1 N–H and O–H groups in total. The van der Waals surface area contributed by atoms with E-state index in [9.17, 15) is 64.2 Å². The number of hydrogen-bond acceptors (Lipinski definition) is 19. The van der Waals surface area contributed by atoms with Crippen molar-refractivity contribution in [2.24, 2.45) is 0 Å². The third-order valence-corrected chi connectivity index (χ3v) is 28.0. The van der Waals surface area contributed by atoms with Gasteiger partial charge in [0.15, 0.2) is 0 Å². The van der Waals surface area contributed by atoms with E-state index in [1.54, 1.807) is 84.9 Å². The first-order valence-electron chi connectivity index (χ1n) is 24.7. The topological polar surface area (TPSA) is 226 Å². The molecule has 4 heterocycles. The fraction of sp³-hybridized carbons (Fsp3) is 0.453. The van der Waals surface area contributed by atoms with Crippen molar-refractivity contribution in [3.63, 3.8) is 0 Å². The number of cyclic esters (lactones) is 1. The molecule has 4 aliphatic heterocycles. The van der Waals surface area contributed by atoms with Crippen LogP contribution in [0.15, 0.2) is 121 Å². The van der Waals surface area contributed by atoms with E-state index in [0.717, 1.165) is 13.1 Å². The number of carbonyl (C=O) groups is 5. The summed E-state index contributed by atoms with van der Waals surface area (Å²) in [4.78, 5) is 58.8. The number of halogens is 8. The molecule has 19 nitrogen and oxygen atoms in total. The fourth-order valence-electron chi connectivity index (χ4n) is 7.75. The van der Waals surface area contributed by atoms with Gasteiger partial charge < -0.3 is 0 Å². The van der Waals surface area contributed by atoms with Crippen LogP contribution in [0.1, 0.15) is 36.6 Å². The number of carbonyl (C=O) groups excluding carboxylic acids is 5. The molecular formula is C53H74Bi4F8O19P6. The maximum absolute atomic E-state index is 14.4. The van der Waals surface area contributed by atoms with Gasteiger partial charge in [-0.05, 0) is 0 Å². The zero-order valence-corrected chi connectivity index (χ0v) is 66.8. The van der Waals surface area contributed by atoms with Crippen molar-refractivity contribution >= 4 is 182 Å². The van der Waals surface area contributed by atoms with Gasteiger partial charge in [-0.25, -0.2) is 0 Å². The van der Waals surface area contributed by atoms with Crippen molar-refractivity contribution in [1.82, 2.24) is 0 Å². The normalized spacial score (nSPS) is 25.2. The van der Waals surface area contributed by atoms with Gasteiger partial charge in [-0.2, -0.15) is 0 Å². The van der Waals surface area contributed by atoms with Crippen LogP contribution in [0.25, 0.3) is 0 Å². The van der Waals surface area contributed by atoms with Crippen LogP contribution in [0, 0.1) is 0 Å². The summed E-state index contributed by atoms with van der Waals surface area (Å²) >= 11 is -8.10. The van der Waals surface area contributed by atoms with Crippen LogP contribution in [0.3, 0.4) is 0 Å². The molecule has 0 radical (unpaired) electrons. The molecule has 0 spiro atoms. The van der Waals surface area contributed by atoms with E-state index in [4.69, 9.17) is 46.7 Å². The van der Waals surface area contributed by atoms with Crippen LogP contribution in [0.5, 0.6) is 0 Å². The molecule has 4 aromatic rings. The van der Waals surface area contributed by atoms with Crippen LogP contribution < -0.4 is 13.1 Å². The molecule has 90 heavy (non-hydrogen) atoms. The summed E-state index contributed by atoms with van der Waals surface area (Å²) in [6.07, 6.45) is -16.9. The van der Waals surface area contributed by atoms with Gasteiger partial charge in [0.1, 0.15) is 0 Å². The first kappa shape index (κ1) is 87.4. The molecule has 0 amide bonds. The SMILES string of the molecule is C.C.C.C.C[C@H]1O[C@H](COP)C(O[C](=O)[BiH][c]2ccccc2)C1(F)F.O=[C](OC1[C@@H](COP)OC(=O)C1(F)F)[BiH][c]1ccccc1.O=[C](OC1[C@@H](COP)OC(O)C1(F)F)[BiH][c]1ccccc1.O=[C](OC1[C@@H](COP)O[C@@H](OPP)C1(F)F)[BiH][c]1ccccc1. The minimum absolute atomic E-state index is 0. The van der Waals surface area contributed by atoms with Crippen LogP contribution in [-0.2, 0) is 65.3 Å². The molecule has 506 valence electrons. The van der Waals surface area contributed by atoms with Gasteiger partial charge in [-0.3, -0.25) is 0 Å². The van der Waals surface area contributed by atoms with E-state index in [1.165, 1.54) is 6.92 Å². The molecule has 17 atom stereocenters. The van der Waals surface area contributed by atoms with Gasteiger partial charge >= 0.3 is 553 Å². The molecule has 4 aromatic carbocycles. The van der Waals surface area contributed by atoms with Gasteiger partial charge in [0.05, 0.1) is 0 Å². The molecule has 0 aliphatic carbocycles. The fourth-order valence-corrected chi connectivity index (χ4v) is 21.4. The molecule has 37 heteroatoms. The van der Waals surface area contributed by atoms with E-state index < -0.39 is 205 Å². The minimum atomic E-state index is -3.84. The molecule has 0 aromatic heterocycles. The average molecular weight is 2190 g/mol. The van der Waals surface area contributed by atoms with Crippen molar-refractivity contribution < 1.29 is 125 Å². The van der Waals surface area contributed by atoms with Crippen molar-refractivity contribution in [2.75, 3.05) is 26.4 Å². The first-order valence-corrected chi connectivity index (χ1v) is 44.8. The number of ether oxygens (including phenoxy) is 8. The molecule has 11 unspecified atom stereocenters. The standard InChI is InChI=1S/C7H10F2O4P.C6H10F2O5P3.C6H8F2O5P.C6H6F2O5P.4C6H5.4CH4.4Bi.4H/c1-4-7(8,9)6(11-3-10)5(13-4)2-12-14;7-6(8)4(10-2-9)3(1-11-14)12-5(6)13-16-15;2*7-6(8)4(11-2-9)3(1-12-14)13-5(6)10;4*1-2-4-6-5-3-1;;;;;;;;;;;;/h4-6H,2,14H2,1H3;3-5,16H,1,14-15H2;3-5,10H,1,14H2;3-4H,1,14H2;4*1-5H;4*1H4;;;;;;;;/t4-,5-,6?;3-,4?,5+;3-,4?,5?;3-,4?;;;;;;;;;;;;;;;;/m1111................/s1. The summed E-state index contributed by atoms with van der Waals surface area (Å²) in [6, 6.07) is 35.9. The number of rotatable bonds is 22. The van der Waals surface area contributed by atoms with Gasteiger partial charge in [0.25, 0.3) is 0 Å². The number of esters is 1. The Morgan fingerprint density at radius 3 is 1.12 bits per heavy atom. The summed E-state index contributed by atoms with van der Waals surface area (Å²) in [6.45, 7) is 0.541. The predicted molar refractivity (Wildman–Crippen MR) is 346 cm³/mol. The molecule has 8 rings (SSSR count). The third kappa shape index (κ3) is 26.0. The van der Waals surface area contributed by atoms with E-state index >= 15 is 0 Å². The Bertz CT molecular complexity index is 2680. The number of hydrogen-bond donors (Lipinski definition) is 1. The Balaban J connectivity index is 0.000000592. The van der Waals surface area contributed by atoms with Crippen LogP contribution in [0.4, 0.5) is 54.3 Å². The van der Waals surface area contributed by atoms with Crippen molar-refractivity contribution in [3.8, 4) is 0 Å². The van der Waals surface area contributed by atoms with Crippen LogP contribution in [-0.4, -0.2) is 236 Å². The Kier molecular flexibility index (Phi) is 41.7. The van der Waals surface area contributed by atoms with Crippen LogP contribution in [0.2, 0.25) is 0 Å². The summed E-state index contributed by atoms with van der Waals surface area (Å²) < 4.78 is 176. The average Bonchev–Trinajstić information content (AvgIpc) is 1.82. The molecule has 0 bridgehead atoms. The van der Waals surface area contributed by atoms with Gasteiger partial charge in [-0.1, -0.05) is 29.7 Å². The Morgan fingerprint density at radius 2 is 0.778 bits per heavy atom.